The molecule has 7 aromatic rings. The molecule has 504 valence electrons. The van der Waals surface area contributed by atoms with Gasteiger partial charge in [0.1, 0.15) is 25.6 Å². The molecule has 3 atom stereocenters. The van der Waals surface area contributed by atoms with E-state index in [9.17, 15) is 62.3 Å². The van der Waals surface area contributed by atoms with Crippen molar-refractivity contribution >= 4 is 45.9 Å². The third-order valence-electron chi connectivity index (χ3n) is 10.2. The summed E-state index contributed by atoms with van der Waals surface area (Å²) in [5, 5.41) is 17.7. The molecule has 0 aliphatic heterocycles. The van der Waals surface area contributed by atoms with Crippen molar-refractivity contribution in [1.82, 2.24) is 54.5 Å². The van der Waals surface area contributed by atoms with E-state index in [1.807, 2.05) is 6.92 Å². The van der Waals surface area contributed by atoms with Gasteiger partial charge in [-0.05, 0) is 71.3 Å². The highest BCUT2D eigenvalue weighted by Crippen LogP contribution is 2.31. The Balaban J connectivity index is 0.00000122. The number of ketones is 1. The molecular formula is C54H67ClF12N14O10. The SMILES string of the molecule is C.C.C.CC(=O)O.CCOCC(=O)CNc1cnc(-c2cnc(O[C@@H](C)C(F)(F)F)c(F)c2)cn1.CCOCC(=O)Cl.CCOCc1nnc2cnc(-c3cnc(O[C@@H](C)C(F)(F)F)c(F)c3)cn12.C[C@H](Oc1ncc(-c2cnc(NN)cn2)cc1F)C(F)(F)F. The maximum atomic E-state index is 14.1. The number of anilines is 2. The molecule has 0 saturated carbocycles. The minimum Gasteiger partial charge on any atom is -0.481 e. The molecule has 0 radical (unpaired) electrons. The van der Waals surface area contributed by atoms with Crippen LogP contribution in [0.15, 0.2) is 74.0 Å². The van der Waals surface area contributed by atoms with Gasteiger partial charge < -0.3 is 44.3 Å². The number of halogens is 13. The number of alkyl halides is 9. The number of aliphatic carboxylic acids is 1. The lowest BCUT2D eigenvalue weighted by Crippen LogP contribution is -2.31. The summed E-state index contributed by atoms with van der Waals surface area (Å²) < 4.78 is 184. The van der Waals surface area contributed by atoms with Crippen LogP contribution in [0, 0.1) is 17.5 Å². The number of Topliss-reactive ketones (excluding diaryl/α,β-unsaturated/α-hetero) is 1. The monoisotopic (exact) mass is 1330 g/mol. The number of carboxylic acid groups (broad SMARTS) is 1. The van der Waals surface area contributed by atoms with E-state index in [0.29, 0.717) is 48.6 Å². The number of hydrogen-bond acceptors (Lipinski definition) is 22. The first-order valence-electron chi connectivity index (χ1n) is 25.2. The molecular weight excluding hydrogens is 1270 g/mol. The average molecular weight is 1340 g/mol. The second-order valence-corrected chi connectivity index (χ2v) is 17.4. The molecule has 37 heteroatoms. The number of nitrogens with one attached hydrogen (secondary N) is 2. The Hall–Kier alpha value is -8.74. The number of pyridine rings is 3. The van der Waals surface area contributed by atoms with E-state index in [1.54, 1.807) is 24.4 Å². The summed E-state index contributed by atoms with van der Waals surface area (Å²) in [5.74, 6) is -0.0476. The number of nitrogen functional groups attached to an aromatic ring is 1. The number of carbonyl (C=O) groups excluding carboxylic acids is 2. The Morgan fingerprint density at radius 2 is 0.956 bits per heavy atom. The van der Waals surface area contributed by atoms with Crippen molar-refractivity contribution in [2.45, 2.75) is 114 Å². The smallest absolute Gasteiger partial charge is 0.425 e. The van der Waals surface area contributed by atoms with Crippen molar-refractivity contribution in [3.05, 3.63) is 97.2 Å². The molecule has 0 saturated heterocycles. The number of ether oxygens (including phenoxy) is 6. The van der Waals surface area contributed by atoms with Gasteiger partial charge in [-0.3, -0.25) is 33.7 Å². The first-order valence-corrected chi connectivity index (χ1v) is 25.5. The van der Waals surface area contributed by atoms with Gasteiger partial charge in [0, 0.05) is 68.2 Å². The summed E-state index contributed by atoms with van der Waals surface area (Å²) in [6.45, 7) is 10.5. The predicted molar refractivity (Wildman–Crippen MR) is 307 cm³/mol. The third kappa shape index (κ3) is 28.7. The van der Waals surface area contributed by atoms with E-state index in [4.69, 9.17) is 36.8 Å². The van der Waals surface area contributed by atoms with Crippen LogP contribution in [0.5, 0.6) is 17.6 Å². The van der Waals surface area contributed by atoms with Crippen LogP contribution in [0.25, 0.3) is 39.4 Å². The Bertz CT molecular complexity index is 3320. The van der Waals surface area contributed by atoms with Crippen molar-refractivity contribution in [3.63, 3.8) is 0 Å². The number of hydrazine groups is 1. The maximum Gasteiger partial charge on any atom is 0.425 e. The minimum absolute atomic E-state index is 0. The molecule has 0 spiro atoms. The first kappa shape index (κ1) is 82.3. The largest absolute Gasteiger partial charge is 0.481 e. The number of rotatable bonds is 22. The van der Waals surface area contributed by atoms with E-state index in [1.165, 1.54) is 37.2 Å². The van der Waals surface area contributed by atoms with Crippen LogP contribution in [-0.4, -0.2) is 153 Å². The normalized spacial score (nSPS) is 11.8. The lowest BCUT2D eigenvalue weighted by atomic mass is 10.2. The molecule has 0 aliphatic carbocycles. The lowest BCUT2D eigenvalue weighted by molar-refractivity contribution is -0.190. The average Bonchev–Trinajstić information content (AvgIpc) is 1.81. The molecule has 0 aromatic carbocycles. The molecule has 5 N–H and O–H groups in total. The summed E-state index contributed by atoms with van der Waals surface area (Å²) in [6.07, 6.45) is -8.70. The van der Waals surface area contributed by atoms with E-state index < -0.39 is 83.1 Å². The highest BCUT2D eigenvalue weighted by Gasteiger charge is 2.40. The molecule has 0 amide bonds. The zero-order valence-corrected chi connectivity index (χ0v) is 47.9. The molecule has 0 unspecified atom stereocenters. The molecule has 0 bridgehead atoms. The second kappa shape index (κ2) is 39.4. The zero-order chi connectivity index (χ0) is 65.9. The van der Waals surface area contributed by atoms with Gasteiger partial charge in [-0.1, -0.05) is 22.3 Å². The van der Waals surface area contributed by atoms with Crippen LogP contribution in [0.1, 0.15) is 76.6 Å². The highest BCUT2D eigenvalue weighted by atomic mass is 35.5. The summed E-state index contributed by atoms with van der Waals surface area (Å²) in [7, 11) is 0. The highest BCUT2D eigenvalue weighted by molar-refractivity contribution is 6.63. The van der Waals surface area contributed by atoms with Crippen LogP contribution in [-0.2, 0) is 35.2 Å². The second-order valence-electron chi connectivity index (χ2n) is 17.0. The number of nitrogens with zero attached hydrogens (tertiary/aromatic N) is 11. The van der Waals surface area contributed by atoms with Gasteiger partial charge in [-0.2, -0.15) is 39.5 Å². The number of hydrogen-bond donors (Lipinski definition) is 4. The van der Waals surface area contributed by atoms with Crippen LogP contribution < -0.4 is 30.8 Å². The van der Waals surface area contributed by atoms with Crippen molar-refractivity contribution in [1.29, 1.82) is 0 Å². The summed E-state index contributed by atoms with van der Waals surface area (Å²) in [5.41, 5.74) is 4.30. The number of aromatic nitrogens is 11. The third-order valence-corrected chi connectivity index (χ3v) is 10.3. The van der Waals surface area contributed by atoms with Gasteiger partial charge in [0.15, 0.2) is 58.8 Å². The van der Waals surface area contributed by atoms with E-state index in [0.717, 1.165) is 58.3 Å². The number of carboxylic acids is 1. The van der Waals surface area contributed by atoms with Crippen LogP contribution in [0.3, 0.4) is 0 Å². The fraction of sp³-hybridized carbons (Fsp3) is 0.426. The van der Waals surface area contributed by atoms with Crippen molar-refractivity contribution in [2.24, 2.45) is 5.84 Å². The topological polar surface area (TPSA) is 310 Å². The van der Waals surface area contributed by atoms with E-state index >= 15 is 0 Å². The number of fused-ring (bicyclic) bond motifs is 1. The van der Waals surface area contributed by atoms with Crippen LogP contribution in [0.2, 0.25) is 0 Å². The molecule has 24 nitrogen and oxygen atoms in total. The van der Waals surface area contributed by atoms with Crippen LogP contribution in [0.4, 0.5) is 64.3 Å². The Kier molecular flexibility index (Phi) is 35.6. The molecule has 0 fully saturated rings. The zero-order valence-electron chi connectivity index (χ0n) is 47.1. The molecule has 7 rings (SSSR count). The number of nitrogens with two attached hydrogens (primary N) is 1. The Labute approximate surface area is 518 Å². The van der Waals surface area contributed by atoms with Crippen molar-refractivity contribution in [3.8, 4) is 51.4 Å². The first-order chi connectivity index (χ1) is 41.3. The quantitative estimate of drug-likeness (QED) is 0.0212. The van der Waals surface area contributed by atoms with Crippen LogP contribution >= 0.6 is 11.6 Å². The maximum absolute atomic E-state index is 14.1. The molecule has 7 aromatic heterocycles. The van der Waals surface area contributed by atoms with Gasteiger partial charge in [0.25, 0.3) is 23.6 Å². The molecule has 7 heterocycles. The summed E-state index contributed by atoms with van der Waals surface area (Å²) >= 11 is 4.89. The van der Waals surface area contributed by atoms with E-state index in [2.05, 4.69) is 79.8 Å². The molecule has 0 aliphatic rings. The standard InChI is InChI=1S/C17H18F4N4O3.C16H15F4N5O2.C12H11F4N5O.C4H7ClO2.C2H4O2.3CH4/c1-3-27-9-12(26)6-23-15-8-22-14(7-24-15)11-4-13(18)16(25-5-11)28-10(2)17(19,20)21;1-3-26-8-14-24-23-13-6-21-12(7-25(13)14)10-4-11(17)15(22-5-10)27-9(2)16(18,19)20;1-6(12(14,15)16)22-11-8(13)2-7(3-20-11)9-4-19-10(21-17)5-18-9;1-2-7-3-4(5)6;1-2(3)4;;;/h4-5,7-8,10H,3,6,9H2,1-2H3,(H,23,24);4-7,9H,3,8H2,1-2H3;2-6H,17H2,1H3,(H,19,21);2-3H2,1H3;1H3,(H,3,4);3*1H4/t10-;9-;6-;;;;;/m000...../s1. The summed E-state index contributed by atoms with van der Waals surface area (Å²) in [6, 6.07) is 2.92. The lowest BCUT2D eigenvalue weighted by Gasteiger charge is -2.17. The van der Waals surface area contributed by atoms with Crippen molar-refractivity contribution in [2.75, 3.05) is 50.3 Å². The van der Waals surface area contributed by atoms with Gasteiger partial charge in [-0.15, -0.1) is 10.2 Å². The fourth-order valence-electron chi connectivity index (χ4n) is 5.71. The Morgan fingerprint density at radius 1 is 0.571 bits per heavy atom. The fourth-order valence-corrected chi connectivity index (χ4v) is 5.78. The molecule has 91 heavy (non-hydrogen) atoms. The van der Waals surface area contributed by atoms with Gasteiger partial charge in [-0.25, -0.2) is 43.9 Å². The minimum atomic E-state index is -4.63. The van der Waals surface area contributed by atoms with Gasteiger partial charge in [0.2, 0.25) is 5.24 Å². The predicted octanol–water partition coefficient (Wildman–Crippen LogP) is 11.3. The van der Waals surface area contributed by atoms with Crippen molar-refractivity contribution < 1.29 is 101 Å². The van der Waals surface area contributed by atoms with E-state index in [-0.39, 0.29) is 82.5 Å². The summed E-state index contributed by atoms with van der Waals surface area (Å²) in [4.78, 5) is 61.2. The van der Waals surface area contributed by atoms with Gasteiger partial charge >= 0.3 is 18.5 Å². The number of carbonyl (C=O) groups is 3. The van der Waals surface area contributed by atoms with Gasteiger partial charge in [0.05, 0.1) is 54.6 Å². The Morgan fingerprint density at radius 3 is 1.30 bits per heavy atom.